The summed E-state index contributed by atoms with van der Waals surface area (Å²) < 4.78 is 5.24. The van der Waals surface area contributed by atoms with Crippen LogP contribution in [0.25, 0.3) is 0 Å². The molecule has 3 amide bonds. The number of carbonyl (C=O) groups is 3. The second-order valence-electron chi connectivity index (χ2n) is 6.23. The Balaban J connectivity index is 1.65. The fourth-order valence-electron chi connectivity index (χ4n) is 2.75. The number of ether oxygens (including phenoxy) is 1. The second kappa shape index (κ2) is 8.38. The van der Waals surface area contributed by atoms with Gasteiger partial charge in [-0.1, -0.05) is 19.1 Å². The zero-order valence-corrected chi connectivity index (χ0v) is 15.5. The van der Waals surface area contributed by atoms with Gasteiger partial charge >= 0.3 is 0 Å². The maximum atomic E-state index is 12.2. The Hall–Kier alpha value is -3.95. The molecule has 0 saturated carbocycles. The molecule has 3 rings (SSSR count). The van der Waals surface area contributed by atoms with E-state index in [4.69, 9.17) is 4.74 Å². The first-order valence-electron chi connectivity index (χ1n) is 8.78. The number of nitrogens with zero attached hydrogens (tertiary/aromatic N) is 2. The van der Waals surface area contributed by atoms with Crippen molar-refractivity contribution in [2.75, 3.05) is 18.1 Å². The Morgan fingerprint density at radius 2 is 1.90 bits per heavy atom. The molecule has 0 fully saturated rings. The number of hydrogen-bond donors (Lipinski definition) is 2. The van der Waals surface area contributed by atoms with E-state index in [1.54, 1.807) is 12.1 Å². The van der Waals surface area contributed by atoms with Gasteiger partial charge in [-0.25, -0.2) is 0 Å². The Morgan fingerprint density at radius 3 is 2.55 bits per heavy atom. The van der Waals surface area contributed by atoms with E-state index in [-0.39, 0.29) is 23.7 Å². The molecule has 29 heavy (non-hydrogen) atoms. The molecule has 0 radical (unpaired) electrons. The Labute approximate surface area is 165 Å². The highest BCUT2D eigenvalue weighted by molar-refractivity contribution is 6.03. The molecule has 10 heteroatoms. The summed E-state index contributed by atoms with van der Waals surface area (Å²) in [4.78, 5) is 48.0. The number of anilines is 1. The molecule has 2 N–H and O–H groups in total. The minimum absolute atomic E-state index is 0.118. The van der Waals surface area contributed by atoms with Gasteiger partial charge in [-0.15, -0.1) is 0 Å². The molecular formula is C19H18N4O6. The summed E-state index contributed by atoms with van der Waals surface area (Å²) in [5.41, 5.74) is 5.83. The summed E-state index contributed by atoms with van der Waals surface area (Å²) in [6, 6.07) is 10.7. The number of non-ortho nitro benzene ring substituents is 1. The molecule has 0 aromatic heterocycles. The molecule has 0 saturated heterocycles. The predicted molar refractivity (Wildman–Crippen MR) is 102 cm³/mol. The SMILES string of the molecule is CCc1ccc(C(=O)NNC(=O)CN2C(=O)COc3ccc([N+](=O)[O-])cc32)cc1. The highest BCUT2D eigenvalue weighted by Crippen LogP contribution is 2.35. The number of benzene rings is 2. The van der Waals surface area contributed by atoms with Crippen LogP contribution >= 0.6 is 0 Å². The average molecular weight is 398 g/mol. The van der Waals surface area contributed by atoms with Crippen molar-refractivity contribution in [2.24, 2.45) is 0 Å². The van der Waals surface area contributed by atoms with Crippen LogP contribution in [0.3, 0.4) is 0 Å². The van der Waals surface area contributed by atoms with Crippen molar-refractivity contribution in [3.05, 3.63) is 63.7 Å². The first kappa shape index (κ1) is 19.8. The first-order valence-corrected chi connectivity index (χ1v) is 8.78. The minimum atomic E-state index is -0.670. The molecule has 1 aliphatic heterocycles. The lowest BCUT2D eigenvalue weighted by atomic mass is 10.1. The lowest BCUT2D eigenvalue weighted by Gasteiger charge is -2.28. The first-order chi connectivity index (χ1) is 13.9. The van der Waals surface area contributed by atoms with E-state index in [1.165, 1.54) is 12.1 Å². The number of aryl methyl sites for hydroxylation is 1. The lowest BCUT2D eigenvalue weighted by Crippen LogP contribution is -2.49. The maximum absolute atomic E-state index is 12.2. The van der Waals surface area contributed by atoms with Crippen LogP contribution in [0.2, 0.25) is 0 Å². The topological polar surface area (TPSA) is 131 Å². The van der Waals surface area contributed by atoms with Crippen molar-refractivity contribution in [3.8, 4) is 5.75 Å². The quantitative estimate of drug-likeness (QED) is 0.577. The highest BCUT2D eigenvalue weighted by Gasteiger charge is 2.29. The number of hydrogen-bond acceptors (Lipinski definition) is 6. The van der Waals surface area contributed by atoms with Gasteiger partial charge in [0.25, 0.3) is 23.4 Å². The van der Waals surface area contributed by atoms with Gasteiger partial charge in [0.15, 0.2) is 6.61 Å². The average Bonchev–Trinajstić information content (AvgIpc) is 2.73. The van der Waals surface area contributed by atoms with Crippen LogP contribution in [-0.2, 0) is 16.0 Å². The summed E-state index contributed by atoms with van der Waals surface area (Å²) in [6.45, 7) is 1.26. The van der Waals surface area contributed by atoms with E-state index < -0.39 is 29.2 Å². The van der Waals surface area contributed by atoms with Crippen LogP contribution < -0.4 is 20.5 Å². The van der Waals surface area contributed by atoms with Crippen molar-refractivity contribution in [1.29, 1.82) is 0 Å². The number of fused-ring (bicyclic) bond motifs is 1. The van der Waals surface area contributed by atoms with Crippen molar-refractivity contribution in [1.82, 2.24) is 10.9 Å². The van der Waals surface area contributed by atoms with E-state index in [2.05, 4.69) is 10.9 Å². The summed E-state index contributed by atoms with van der Waals surface area (Å²) in [7, 11) is 0. The number of amides is 3. The summed E-state index contributed by atoms with van der Waals surface area (Å²) in [6.07, 6.45) is 0.839. The third-order valence-electron chi connectivity index (χ3n) is 4.34. The molecule has 0 spiro atoms. The number of nitro groups is 1. The summed E-state index contributed by atoms with van der Waals surface area (Å²) >= 11 is 0. The lowest BCUT2D eigenvalue weighted by molar-refractivity contribution is -0.384. The minimum Gasteiger partial charge on any atom is -0.482 e. The van der Waals surface area contributed by atoms with Gasteiger partial charge in [0, 0.05) is 17.7 Å². The third kappa shape index (κ3) is 4.49. The van der Waals surface area contributed by atoms with Gasteiger partial charge in [0.2, 0.25) is 0 Å². The predicted octanol–water partition coefficient (Wildman–Crippen LogP) is 1.34. The van der Waals surface area contributed by atoms with Crippen molar-refractivity contribution < 1.29 is 24.0 Å². The van der Waals surface area contributed by atoms with Crippen LogP contribution in [0, 0.1) is 10.1 Å². The number of hydrazine groups is 1. The van der Waals surface area contributed by atoms with Crippen LogP contribution in [0.5, 0.6) is 5.75 Å². The molecule has 1 aliphatic rings. The normalized spacial score (nSPS) is 12.6. The van der Waals surface area contributed by atoms with E-state index in [9.17, 15) is 24.5 Å². The number of nitrogens with one attached hydrogen (secondary N) is 2. The highest BCUT2D eigenvalue weighted by atomic mass is 16.6. The molecule has 0 bridgehead atoms. The monoisotopic (exact) mass is 398 g/mol. The molecule has 1 heterocycles. The fourth-order valence-corrected chi connectivity index (χ4v) is 2.75. The number of carbonyl (C=O) groups excluding carboxylic acids is 3. The smallest absolute Gasteiger partial charge is 0.271 e. The second-order valence-corrected chi connectivity index (χ2v) is 6.23. The van der Waals surface area contributed by atoms with Crippen LogP contribution in [0.4, 0.5) is 11.4 Å². The number of rotatable bonds is 5. The molecule has 0 unspecified atom stereocenters. The van der Waals surface area contributed by atoms with Crippen molar-refractivity contribution in [2.45, 2.75) is 13.3 Å². The van der Waals surface area contributed by atoms with Crippen LogP contribution in [0.1, 0.15) is 22.8 Å². The standard InChI is InChI=1S/C19H18N4O6/c1-2-12-3-5-13(6-4-12)19(26)21-20-17(24)10-22-15-9-14(23(27)28)7-8-16(15)29-11-18(22)25/h3-9H,2,10-11H2,1H3,(H,20,24)(H,21,26). The Kier molecular flexibility index (Phi) is 5.72. The molecule has 0 atom stereocenters. The largest absolute Gasteiger partial charge is 0.482 e. The van der Waals surface area contributed by atoms with Gasteiger partial charge in [0.1, 0.15) is 12.3 Å². The van der Waals surface area contributed by atoms with E-state index in [1.807, 2.05) is 19.1 Å². The van der Waals surface area contributed by atoms with Gasteiger partial charge in [-0.05, 0) is 30.2 Å². The van der Waals surface area contributed by atoms with E-state index in [0.717, 1.165) is 23.0 Å². The van der Waals surface area contributed by atoms with E-state index in [0.29, 0.717) is 5.56 Å². The zero-order chi connectivity index (χ0) is 21.0. The van der Waals surface area contributed by atoms with Gasteiger partial charge in [0.05, 0.1) is 10.6 Å². The van der Waals surface area contributed by atoms with Gasteiger partial charge in [-0.3, -0.25) is 40.2 Å². The Morgan fingerprint density at radius 1 is 1.17 bits per heavy atom. The fraction of sp³-hybridized carbons (Fsp3) is 0.211. The van der Waals surface area contributed by atoms with Crippen molar-refractivity contribution in [3.63, 3.8) is 0 Å². The molecular weight excluding hydrogens is 380 g/mol. The molecule has 10 nitrogen and oxygen atoms in total. The summed E-state index contributed by atoms with van der Waals surface area (Å²) in [5, 5.41) is 11.0. The number of nitro benzene ring substituents is 1. The Bertz CT molecular complexity index is 973. The molecule has 2 aromatic carbocycles. The van der Waals surface area contributed by atoms with Crippen LogP contribution in [-0.4, -0.2) is 35.8 Å². The maximum Gasteiger partial charge on any atom is 0.271 e. The van der Waals surface area contributed by atoms with Crippen LogP contribution in [0.15, 0.2) is 42.5 Å². The van der Waals surface area contributed by atoms with Gasteiger partial charge in [-0.2, -0.15) is 0 Å². The van der Waals surface area contributed by atoms with Gasteiger partial charge < -0.3 is 4.74 Å². The molecule has 2 aromatic rings. The third-order valence-corrected chi connectivity index (χ3v) is 4.34. The zero-order valence-electron chi connectivity index (χ0n) is 15.5. The summed E-state index contributed by atoms with van der Waals surface area (Å²) in [5.74, 6) is -1.46. The van der Waals surface area contributed by atoms with Crippen molar-refractivity contribution >= 4 is 29.1 Å². The molecule has 0 aliphatic carbocycles. The van der Waals surface area contributed by atoms with E-state index >= 15 is 0 Å². The molecule has 150 valence electrons.